The van der Waals surface area contributed by atoms with Gasteiger partial charge < -0.3 is 0 Å². The molecule has 5 nitrogen and oxygen atoms in total. The Hall–Kier alpha value is -0.950. The molecule has 2 aromatic rings. The molecule has 0 atom stereocenters. The number of aromatic nitrogens is 5. The van der Waals surface area contributed by atoms with Crippen molar-refractivity contribution in [2.24, 2.45) is 0 Å². The van der Waals surface area contributed by atoms with Crippen LogP contribution in [0.4, 0.5) is 0 Å². The Morgan fingerprint density at radius 2 is 2.31 bits per heavy atom. The molecular formula is C9H8BrN5S. The summed E-state index contributed by atoms with van der Waals surface area (Å²) < 4.78 is 2.84. The number of nitrogens with zero attached hydrogens (tertiary/aromatic N) is 5. The van der Waals surface area contributed by atoms with Crippen LogP contribution >= 0.6 is 27.7 Å². The van der Waals surface area contributed by atoms with Crippen LogP contribution in [0.2, 0.25) is 0 Å². The Morgan fingerprint density at radius 3 is 3.06 bits per heavy atom. The summed E-state index contributed by atoms with van der Waals surface area (Å²) >= 11 is 4.94. The van der Waals surface area contributed by atoms with E-state index in [0.717, 1.165) is 14.7 Å². The minimum Gasteiger partial charge on any atom is -0.248 e. The first kappa shape index (κ1) is 10.2. The van der Waals surface area contributed by atoms with Crippen molar-refractivity contribution in [1.82, 2.24) is 25.2 Å². The fourth-order valence-corrected chi connectivity index (χ4v) is 2.64. The second kappa shape index (κ2) is 4.14. The van der Waals surface area contributed by atoms with E-state index in [-0.39, 0.29) is 0 Å². The van der Waals surface area contributed by atoms with Gasteiger partial charge in [-0.25, -0.2) is 9.67 Å². The van der Waals surface area contributed by atoms with Gasteiger partial charge in [0.15, 0.2) is 0 Å². The second-order valence-electron chi connectivity index (χ2n) is 3.53. The zero-order valence-electron chi connectivity index (χ0n) is 8.25. The largest absolute Gasteiger partial charge is 0.248 e. The van der Waals surface area contributed by atoms with Gasteiger partial charge in [-0.15, -0.1) is 5.10 Å². The molecule has 0 radical (unpaired) electrons. The van der Waals surface area contributed by atoms with Crippen LogP contribution in [0.25, 0.3) is 0 Å². The van der Waals surface area contributed by atoms with Gasteiger partial charge in [0, 0.05) is 6.20 Å². The van der Waals surface area contributed by atoms with E-state index in [1.54, 1.807) is 6.20 Å². The molecule has 7 heteroatoms. The third-order valence-electron chi connectivity index (χ3n) is 2.27. The van der Waals surface area contributed by atoms with Crippen molar-refractivity contribution in [1.29, 1.82) is 0 Å². The maximum atomic E-state index is 4.28. The summed E-state index contributed by atoms with van der Waals surface area (Å²) in [5.74, 6) is 0. The highest BCUT2D eigenvalue weighted by atomic mass is 79.9. The van der Waals surface area contributed by atoms with Crippen molar-refractivity contribution in [3.05, 3.63) is 22.8 Å². The van der Waals surface area contributed by atoms with Crippen molar-refractivity contribution < 1.29 is 0 Å². The molecule has 0 bridgehead atoms. The fourth-order valence-electron chi connectivity index (χ4n) is 1.33. The van der Waals surface area contributed by atoms with E-state index in [1.165, 1.54) is 24.6 Å². The quantitative estimate of drug-likeness (QED) is 0.870. The van der Waals surface area contributed by atoms with Gasteiger partial charge in [-0.1, -0.05) is 0 Å². The predicted octanol–water partition coefficient (Wildman–Crippen LogP) is 2.32. The average molecular weight is 298 g/mol. The third-order valence-corrected chi connectivity index (χ3v) is 4.14. The Labute approximate surface area is 105 Å². The molecule has 0 aromatic carbocycles. The number of tetrazole rings is 1. The molecule has 1 fully saturated rings. The highest BCUT2D eigenvalue weighted by molar-refractivity contribution is 9.10. The molecule has 1 aliphatic rings. The molecule has 16 heavy (non-hydrogen) atoms. The van der Waals surface area contributed by atoms with E-state index >= 15 is 0 Å². The average Bonchev–Trinajstić information content (AvgIpc) is 3.03. The summed E-state index contributed by atoms with van der Waals surface area (Å²) in [6, 6.07) is 4.33. The van der Waals surface area contributed by atoms with Crippen molar-refractivity contribution in [2.75, 3.05) is 0 Å². The third kappa shape index (κ3) is 1.97. The molecule has 0 spiro atoms. The van der Waals surface area contributed by atoms with Gasteiger partial charge in [0.2, 0.25) is 5.16 Å². The van der Waals surface area contributed by atoms with Gasteiger partial charge in [0.05, 0.1) is 10.5 Å². The summed E-state index contributed by atoms with van der Waals surface area (Å²) in [7, 11) is 0. The Bertz CT molecular complexity index is 510. The van der Waals surface area contributed by atoms with E-state index in [9.17, 15) is 0 Å². The molecule has 0 aliphatic heterocycles. The van der Waals surface area contributed by atoms with Crippen LogP contribution in [0.1, 0.15) is 18.9 Å². The minimum atomic E-state index is 0.486. The van der Waals surface area contributed by atoms with Crippen molar-refractivity contribution in [3.8, 4) is 0 Å². The summed E-state index contributed by atoms with van der Waals surface area (Å²) in [5.41, 5.74) is 0. The standard InChI is InChI=1S/C9H8BrN5S/c10-7-2-1-5-11-8(7)16-9-12-13-14-15(9)6-3-4-6/h1-2,5-6H,3-4H2. The van der Waals surface area contributed by atoms with Gasteiger partial charge in [0.1, 0.15) is 5.03 Å². The fraction of sp³-hybridized carbons (Fsp3) is 0.333. The van der Waals surface area contributed by atoms with Gasteiger partial charge in [-0.2, -0.15) is 0 Å². The van der Waals surface area contributed by atoms with Gasteiger partial charge in [-0.3, -0.25) is 0 Å². The molecule has 0 saturated heterocycles. The number of rotatable bonds is 3. The smallest absolute Gasteiger partial charge is 0.215 e. The summed E-state index contributed by atoms with van der Waals surface area (Å²) in [6.07, 6.45) is 4.10. The summed E-state index contributed by atoms with van der Waals surface area (Å²) in [5, 5.41) is 13.4. The van der Waals surface area contributed by atoms with Crippen LogP contribution in [-0.4, -0.2) is 25.2 Å². The molecule has 0 amide bonds. The van der Waals surface area contributed by atoms with Gasteiger partial charge >= 0.3 is 0 Å². The van der Waals surface area contributed by atoms with E-state index in [1.807, 2.05) is 16.8 Å². The summed E-state index contributed by atoms with van der Waals surface area (Å²) in [4.78, 5) is 4.28. The van der Waals surface area contributed by atoms with E-state index in [2.05, 4.69) is 36.4 Å². The van der Waals surface area contributed by atoms with Crippen LogP contribution in [0.15, 0.2) is 33.0 Å². The molecule has 2 aromatic heterocycles. The van der Waals surface area contributed by atoms with Crippen LogP contribution in [0.5, 0.6) is 0 Å². The number of hydrogen-bond acceptors (Lipinski definition) is 5. The van der Waals surface area contributed by atoms with Crippen LogP contribution in [0.3, 0.4) is 0 Å². The SMILES string of the molecule is Brc1cccnc1Sc1nnnn1C1CC1. The lowest BCUT2D eigenvalue weighted by molar-refractivity contribution is 0.565. The molecule has 1 aliphatic carbocycles. The maximum Gasteiger partial charge on any atom is 0.215 e. The van der Waals surface area contributed by atoms with E-state index in [4.69, 9.17) is 0 Å². The molecule has 1 saturated carbocycles. The molecule has 2 heterocycles. The van der Waals surface area contributed by atoms with E-state index < -0.39 is 0 Å². The highest BCUT2D eigenvalue weighted by Gasteiger charge is 2.28. The lowest BCUT2D eigenvalue weighted by Gasteiger charge is -2.02. The molecule has 0 N–H and O–H groups in total. The Morgan fingerprint density at radius 1 is 1.44 bits per heavy atom. The first-order chi connectivity index (χ1) is 7.84. The van der Waals surface area contributed by atoms with Gasteiger partial charge in [0.25, 0.3) is 0 Å². The van der Waals surface area contributed by atoms with E-state index in [0.29, 0.717) is 6.04 Å². The van der Waals surface area contributed by atoms with Crippen molar-refractivity contribution >= 4 is 27.7 Å². The minimum absolute atomic E-state index is 0.486. The van der Waals surface area contributed by atoms with Crippen molar-refractivity contribution in [3.63, 3.8) is 0 Å². The number of pyridine rings is 1. The van der Waals surface area contributed by atoms with Crippen molar-refractivity contribution in [2.45, 2.75) is 29.1 Å². The summed E-state index contributed by atoms with van der Waals surface area (Å²) in [6.45, 7) is 0. The molecule has 0 unspecified atom stereocenters. The lowest BCUT2D eigenvalue weighted by Crippen LogP contribution is -1.98. The molecular weight excluding hydrogens is 290 g/mol. The highest BCUT2D eigenvalue weighted by Crippen LogP contribution is 2.38. The molecule has 82 valence electrons. The topological polar surface area (TPSA) is 56.5 Å². The Balaban J connectivity index is 1.88. The van der Waals surface area contributed by atoms with Gasteiger partial charge in [-0.05, 0) is 63.1 Å². The number of halogens is 1. The molecule has 3 rings (SSSR count). The maximum absolute atomic E-state index is 4.28. The monoisotopic (exact) mass is 297 g/mol. The van der Waals surface area contributed by atoms with Crippen LogP contribution in [0, 0.1) is 0 Å². The first-order valence-electron chi connectivity index (χ1n) is 4.91. The predicted molar refractivity (Wildman–Crippen MR) is 62.1 cm³/mol. The second-order valence-corrected chi connectivity index (χ2v) is 5.34. The first-order valence-corrected chi connectivity index (χ1v) is 6.52. The zero-order chi connectivity index (χ0) is 11.0. The Kier molecular flexibility index (Phi) is 2.64. The lowest BCUT2D eigenvalue weighted by atomic mass is 10.5. The van der Waals surface area contributed by atoms with Crippen LogP contribution < -0.4 is 0 Å². The number of hydrogen-bond donors (Lipinski definition) is 0. The zero-order valence-corrected chi connectivity index (χ0v) is 10.6. The van der Waals surface area contributed by atoms with Crippen LogP contribution in [-0.2, 0) is 0 Å². The normalized spacial score (nSPS) is 15.3.